The molecule has 0 spiro atoms. The number of carboxylic acids is 1. The molecule has 0 saturated carbocycles. The zero-order valence-electron chi connectivity index (χ0n) is 11.1. The van der Waals surface area contributed by atoms with E-state index in [-0.39, 0.29) is 17.3 Å². The van der Waals surface area contributed by atoms with E-state index in [1.807, 2.05) is 6.07 Å². The number of rotatable bonds is 3. The van der Waals surface area contributed by atoms with Gasteiger partial charge in [0, 0.05) is 6.54 Å². The molecule has 2 heterocycles. The van der Waals surface area contributed by atoms with Crippen molar-refractivity contribution in [3.8, 4) is 5.75 Å². The minimum atomic E-state index is -0.959. The van der Waals surface area contributed by atoms with Crippen molar-refractivity contribution in [1.29, 1.82) is 0 Å². The largest absolute Gasteiger partial charge is 0.491 e. The smallest absolute Gasteiger partial charge is 0.346 e. The zero-order valence-corrected chi connectivity index (χ0v) is 11.9. The lowest BCUT2D eigenvalue weighted by molar-refractivity contribution is 0.0687. The molecule has 5 nitrogen and oxygen atoms in total. The Hall–Kier alpha value is -2.34. The molecule has 0 fully saturated rings. The van der Waals surface area contributed by atoms with Crippen molar-refractivity contribution in [1.82, 2.24) is 4.90 Å². The van der Waals surface area contributed by atoms with Gasteiger partial charge in [0.25, 0.3) is 5.91 Å². The van der Waals surface area contributed by atoms with Crippen LogP contribution in [0, 0.1) is 0 Å². The van der Waals surface area contributed by atoms with E-state index < -0.39 is 5.97 Å². The summed E-state index contributed by atoms with van der Waals surface area (Å²) in [6.45, 7) is 1.11. The second-order valence-corrected chi connectivity index (χ2v) is 5.57. The molecule has 21 heavy (non-hydrogen) atoms. The minimum absolute atomic E-state index is 0.134. The fraction of sp³-hybridized carbons (Fsp3) is 0.200. The topological polar surface area (TPSA) is 66.8 Å². The lowest BCUT2D eigenvalue weighted by atomic mass is 10.1. The monoisotopic (exact) mass is 303 g/mol. The number of hydrogen-bond donors (Lipinski definition) is 1. The average molecular weight is 303 g/mol. The highest BCUT2D eigenvalue weighted by atomic mass is 32.1. The number of carbonyl (C=O) groups is 2. The van der Waals surface area contributed by atoms with Gasteiger partial charge in [0.05, 0.1) is 12.1 Å². The van der Waals surface area contributed by atoms with Crippen LogP contribution in [0.5, 0.6) is 5.75 Å². The van der Waals surface area contributed by atoms with Gasteiger partial charge in [-0.3, -0.25) is 4.79 Å². The van der Waals surface area contributed by atoms with Gasteiger partial charge in [-0.05, 0) is 29.1 Å². The molecule has 1 aromatic heterocycles. The Balaban J connectivity index is 1.88. The maximum Gasteiger partial charge on any atom is 0.346 e. The van der Waals surface area contributed by atoms with Gasteiger partial charge in [0.15, 0.2) is 0 Å². The van der Waals surface area contributed by atoms with Crippen LogP contribution >= 0.6 is 11.3 Å². The van der Waals surface area contributed by atoms with Gasteiger partial charge >= 0.3 is 5.97 Å². The van der Waals surface area contributed by atoms with E-state index in [2.05, 4.69) is 0 Å². The van der Waals surface area contributed by atoms with Crippen LogP contribution < -0.4 is 4.74 Å². The van der Waals surface area contributed by atoms with Crippen LogP contribution in [0.15, 0.2) is 35.7 Å². The van der Waals surface area contributed by atoms with Crippen LogP contribution in [-0.4, -0.2) is 35.0 Å². The maximum absolute atomic E-state index is 12.5. The van der Waals surface area contributed by atoms with E-state index in [4.69, 9.17) is 9.84 Å². The fourth-order valence-electron chi connectivity index (χ4n) is 2.31. The molecule has 0 aliphatic carbocycles. The van der Waals surface area contributed by atoms with Crippen molar-refractivity contribution in [3.05, 3.63) is 51.7 Å². The van der Waals surface area contributed by atoms with Crippen LogP contribution in [0.25, 0.3) is 0 Å². The second kappa shape index (κ2) is 5.57. The van der Waals surface area contributed by atoms with Crippen molar-refractivity contribution in [3.63, 3.8) is 0 Å². The highest BCUT2D eigenvalue weighted by Crippen LogP contribution is 2.25. The number of benzene rings is 1. The van der Waals surface area contributed by atoms with E-state index >= 15 is 0 Å². The predicted molar refractivity (Wildman–Crippen MR) is 78.0 cm³/mol. The van der Waals surface area contributed by atoms with Crippen molar-refractivity contribution in [2.45, 2.75) is 6.54 Å². The molecule has 2 aromatic rings. The van der Waals surface area contributed by atoms with Gasteiger partial charge < -0.3 is 14.7 Å². The van der Waals surface area contributed by atoms with Gasteiger partial charge in [0.1, 0.15) is 17.2 Å². The van der Waals surface area contributed by atoms with Crippen molar-refractivity contribution >= 4 is 23.2 Å². The molecule has 0 saturated heterocycles. The number of amides is 1. The second-order valence-electron chi connectivity index (χ2n) is 4.65. The Labute approximate surface area is 125 Å². The number of fused-ring (bicyclic) bond motifs is 1. The number of aromatic carboxylic acids is 1. The summed E-state index contributed by atoms with van der Waals surface area (Å²) in [5, 5.41) is 10.9. The van der Waals surface area contributed by atoms with Gasteiger partial charge in [-0.1, -0.05) is 12.1 Å². The quantitative estimate of drug-likeness (QED) is 0.946. The zero-order chi connectivity index (χ0) is 14.8. The van der Waals surface area contributed by atoms with Crippen molar-refractivity contribution in [2.24, 2.45) is 0 Å². The SMILES string of the molecule is O=C(O)c1sccc1CN1CCOc2ccccc2C1=O. The Morgan fingerprint density at radius 1 is 1.33 bits per heavy atom. The number of carbonyl (C=O) groups excluding carboxylic acids is 1. The lowest BCUT2D eigenvalue weighted by Crippen LogP contribution is -2.32. The first-order valence-electron chi connectivity index (χ1n) is 6.47. The molecule has 1 aromatic carbocycles. The number of carboxylic acid groups (broad SMARTS) is 1. The third-order valence-electron chi connectivity index (χ3n) is 3.33. The summed E-state index contributed by atoms with van der Waals surface area (Å²) < 4.78 is 5.57. The number of nitrogens with zero attached hydrogens (tertiary/aromatic N) is 1. The average Bonchev–Trinajstić information content (AvgIpc) is 2.88. The summed E-state index contributed by atoms with van der Waals surface area (Å²) in [5.41, 5.74) is 1.17. The number of para-hydroxylation sites is 1. The van der Waals surface area contributed by atoms with E-state index in [0.717, 1.165) is 0 Å². The molecule has 0 atom stereocenters. The summed E-state index contributed by atoms with van der Waals surface area (Å²) >= 11 is 1.17. The normalized spacial score (nSPS) is 14.3. The maximum atomic E-state index is 12.5. The first-order chi connectivity index (χ1) is 10.2. The van der Waals surface area contributed by atoms with Gasteiger partial charge in [-0.2, -0.15) is 0 Å². The fourth-order valence-corrected chi connectivity index (χ4v) is 3.06. The van der Waals surface area contributed by atoms with E-state index in [9.17, 15) is 9.59 Å². The summed E-state index contributed by atoms with van der Waals surface area (Å²) in [5.74, 6) is -0.515. The summed E-state index contributed by atoms with van der Waals surface area (Å²) in [7, 11) is 0. The standard InChI is InChI=1S/C15H13NO4S/c17-14-11-3-1-2-4-12(11)20-7-6-16(14)9-10-5-8-21-13(10)15(18)19/h1-5,8H,6-7,9H2,(H,18,19). The number of ether oxygens (including phenoxy) is 1. The van der Waals surface area contributed by atoms with Crippen LogP contribution in [0.1, 0.15) is 25.6 Å². The Bertz CT molecular complexity index is 694. The van der Waals surface area contributed by atoms with Crippen LogP contribution in [0.2, 0.25) is 0 Å². The van der Waals surface area contributed by atoms with E-state index in [1.165, 1.54) is 11.3 Å². The molecule has 1 aliphatic heterocycles. The third kappa shape index (κ3) is 2.62. The molecule has 108 valence electrons. The molecule has 1 aliphatic rings. The van der Waals surface area contributed by atoms with Gasteiger partial charge in [-0.15, -0.1) is 11.3 Å². The number of thiophene rings is 1. The lowest BCUT2D eigenvalue weighted by Gasteiger charge is -2.19. The number of hydrogen-bond acceptors (Lipinski definition) is 4. The molecular weight excluding hydrogens is 290 g/mol. The summed E-state index contributed by atoms with van der Waals surface area (Å²) in [6.07, 6.45) is 0. The highest BCUT2D eigenvalue weighted by Gasteiger charge is 2.24. The highest BCUT2D eigenvalue weighted by molar-refractivity contribution is 7.12. The summed E-state index contributed by atoms with van der Waals surface area (Å²) in [4.78, 5) is 25.6. The molecule has 0 unspecified atom stereocenters. The minimum Gasteiger partial charge on any atom is -0.491 e. The molecule has 0 radical (unpaired) electrons. The predicted octanol–water partition coefficient (Wildman–Crippen LogP) is 2.48. The third-order valence-corrected chi connectivity index (χ3v) is 4.27. The molecule has 0 bridgehead atoms. The Morgan fingerprint density at radius 2 is 2.14 bits per heavy atom. The van der Waals surface area contributed by atoms with Crippen LogP contribution in [0.3, 0.4) is 0 Å². The first-order valence-corrected chi connectivity index (χ1v) is 7.35. The molecular formula is C15H13NO4S. The Morgan fingerprint density at radius 3 is 2.95 bits per heavy atom. The van der Waals surface area contributed by atoms with Gasteiger partial charge in [0.2, 0.25) is 0 Å². The molecule has 6 heteroatoms. The molecule has 3 rings (SSSR count). The molecule has 1 amide bonds. The molecule has 1 N–H and O–H groups in total. The summed E-state index contributed by atoms with van der Waals surface area (Å²) in [6, 6.07) is 8.85. The van der Waals surface area contributed by atoms with Gasteiger partial charge in [-0.25, -0.2) is 4.79 Å². The Kier molecular flexibility index (Phi) is 3.62. The van der Waals surface area contributed by atoms with Crippen LogP contribution in [-0.2, 0) is 6.54 Å². The van der Waals surface area contributed by atoms with E-state index in [0.29, 0.717) is 30.0 Å². The van der Waals surface area contributed by atoms with Crippen molar-refractivity contribution in [2.75, 3.05) is 13.2 Å². The first kappa shape index (κ1) is 13.6. The van der Waals surface area contributed by atoms with Crippen molar-refractivity contribution < 1.29 is 19.4 Å². The van der Waals surface area contributed by atoms with E-state index in [1.54, 1.807) is 34.5 Å². The van der Waals surface area contributed by atoms with Crippen LogP contribution in [0.4, 0.5) is 0 Å².